The Labute approximate surface area is 128 Å². The zero-order valence-electron chi connectivity index (χ0n) is 12.2. The maximum Gasteiger partial charge on any atom is 0.231 e. The Balaban J connectivity index is 1.69. The summed E-state index contributed by atoms with van der Waals surface area (Å²) in [6.07, 6.45) is -0.0888. The van der Waals surface area contributed by atoms with Gasteiger partial charge in [-0.25, -0.2) is 0 Å². The molecule has 2 heterocycles. The molecule has 2 unspecified atom stereocenters. The van der Waals surface area contributed by atoms with Gasteiger partial charge in [0, 0.05) is 15.8 Å². The minimum Gasteiger partial charge on any atom is -0.454 e. The van der Waals surface area contributed by atoms with Gasteiger partial charge in [-0.1, -0.05) is 6.07 Å². The first-order chi connectivity index (χ1) is 10.1. The van der Waals surface area contributed by atoms with E-state index in [1.165, 1.54) is 9.75 Å². The fourth-order valence-corrected chi connectivity index (χ4v) is 3.36. The molecule has 1 aromatic carbocycles. The zero-order valence-corrected chi connectivity index (χ0v) is 13.0. The number of hydrogen-bond donors (Lipinski definition) is 1. The average molecular weight is 305 g/mol. The summed E-state index contributed by atoms with van der Waals surface area (Å²) in [5.41, 5.74) is 7.12. The molecule has 2 atom stereocenters. The number of hydrogen-bond acceptors (Lipinski definition) is 5. The molecule has 2 aromatic rings. The van der Waals surface area contributed by atoms with Gasteiger partial charge in [0.15, 0.2) is 11.5 Å². The Hall–Kier alpha value is -1.56. The maximum absolute atomic E-state index is 6.07. The van der Waals surface area contributed by atoms with Crippen LogP contribution in [0.4, 0.5) is 0 Å². The second-order valence-corrected chi connectivity index (χ2v) is 6.55. The molecule has 21 heavy (non-hydrogen) atoms. The highest BCUT2D eigenvalue weighted by atomic mass is 32.1. The molecule has 2 N–H and O–H groups in total. The molecular weight excluding hydrogens is 286 g/mol. The van der Waals surface area contributed by atoms with Crippen LogP contribution < -0.4 is 15.2 Å². The van der Waals surface area contributed by atoms with E-state index in [1.807, 2.05) is 25.1 Å². The molecule has 112 valence electrons. The van der Waals surface area contributed by atoms with Gasteiger partial charge in [-0.05, 0) is 43.7 Å². The normalized spacial score (nSPS) is 16.0. The third-order valence-corrected chi connectivity index (χ3v) is 4.45. The van der Waals surface area contributed by atoms with E-state index >= 15 is 0 Å². The van der Waals surface area contributed by atoms with Gasteiger partial charge in [0.2, 0.25) is 6.79 Å². The van der Waals surface area contributed by atoms with Gasteiger partial charge in [0.1, 0.15) is 6.10 Å². The molecule has 0 fully saturated rings. The molecule has 0 saturated heterocycles. The number of nitrogens with two attached hydrogens (primary N) is 1. The summed E-state index contributed by atoms with van der Waals surface area (Å²) in [5.74, 6) is 1.57. The van der Waals surface area contributed by atoms with Crippen molar-refractivity contribution in [2.45, 2.75) is 32.6 Å². The molecule has 3 rings (SSSR count). The molecule has 0 spiro atoms. The third kappa shape index (κ3) is 3.20. The van der Waals surface area contributed by atoms with Crippen LogP contribution in [0.25, 0.3) is 0 Å². The molecule has 0 saturated carbocycles. The molecule has 0 bridgehead atoms. The first-order valence-corrected chi connectivity index (χ1v) is 7.77. The lowest BCUT2D eigenvalue weighted by molar-refractivity contribution is 0.0282. The minimum atomic E-state index is -0.0888. The second-order valence-electron chi connectivity index (χ2n) is 5.23. The minimum absolute atomic E-state index is 0.0583. The van der Waals surface area contributed by atoms with Crippen molar-refractivity contribution in [3.63, 3.8) is 0 Å². The van der Waals surface area contributed by atoms with Crippen molar-refractivity contribution in [3.05, 3.63) is 45.6 Å². The predicted octanol–water partition coefficient (Wildman–Crippen LogP) is 3.39. The first-order valence-electron chi connectivity index (χ1n) is 6.95. The number of fused-ring (bicyclic) bond motifs is 1. The first kappa shape index (κ1) is 14.4. The molecule has 4 nitrogen and oxygen atoms in total. The van der Waals surface area contributed by atoms with Crippen molar-refractivity contribution in [2.75, 3.05) is 6.79 Å². The topological polar surface area (TPSA) is 53.7 Å². The molecule has 0 aliphatic carbocycles. The lowest BCUT2D eigenvalue weighted by Crippen LogP contribution is -2.26. The number of rotatable bonds is 5. The van der Waals surface area contributed by atoms with Crippen molar-refractivity contribution in [2.24, 2.45) is 5.73 Å². The summed E-state index contributed by atoms with van der Waals surface area (Å²) in [6.45, 7) is 4.85. The van der Waals surface area contributed by atoms with Gasteiger partial charge in [-0.2, -0.15) is 0 Å². The number of benzene rings is 1. The summed E-state index contributed by atoms with van der Waals surface area (Å²) in [4.78, 5) is 2.44. The number of ether oxygens (including phenoxy) is 3. The van der Waals surface area contributed by atoms with Crippen LogP contribution in [0.3, 0.4) is 0 Å². The van der Waals surface area contributed by atoms with Crippen molar-refractivity contribution in [1.29, 1.82) is 0 Å². The van der Waals surface area contributed by atoms with Crippen LogP contribution >= 0.6 is 11.3 Å². The quantitative estimate of drug-likeness (QED) is 0.920. The van der Waals surface area contributed by atoms with E-state index in [2.05, 4.69) is 19.1 Å². The zero-order chi connectivity index (χ0) is 14.8. The summed E-state index contributed by atoms with van der Waals surface area (Å²) in [7, 11) is 0. The van der Waals surface area contributed by atoms with E-state index in [9.17, 15) is 0 Å². The number of thiophene rings is 1. The SMILES string of the molecule is Cc1ccc(C(OCc2ccc3c(c2)OCO3)C(C)N)s1. The Morgan fingerprint density at radius 3 is 2.76 bits per heavy atom. The molecule has 0 radical (unpaired) electrons. The predicted molar refractivity (Wildman–Crippen MR) is 82.8 cm³/mol. The summed E-state index contributed by atoms with van der Waals surface area (Å²) in [6, 6.07) is 9.99. The van der Waals surface area contributed by atoms with Gasteiger partial charge in [0.05, 0.1) is 6.61 Å². The van der Waals surface area contributed by atoms with E-state index in [1.54, 1.807) is 11.3 Å². The van der Waals surface area contributed by atoms with E-state index < -0.39 is 0 Å². The van der Waals surface area contributed by atoms with Crippen LogP contribution in [0.2, 0.25) is 0 Å². The Kier molecular flexibility index (Phi) is 4.14. The third-order valence-electron chi connectivity index (χ3n) is 3.39. The lowest BCUT2D eigenvalue weighted by Gasteiger charge is -2.20. The van der Waals surface area contributed by atoms with Gasteiger partial charge >= 0.3 is 0 Å². The van der Waals surface area contributed by atoms with Crippen LogP contribution in [0, 0.1) is 6.92 Å². The summed E-state index contributed by atoms with van der Waals surface area (Å²) in [5, 5.41) is 0. The van der Waals surface area contributed by atoms with Crippen LogP contribution in [0.5, 0.6) is 11.5 Å². The van der Waals surface area contributed by atoms with Crippen molar-refractivity contribution < 1.29 is 14.2 Å². The highest BCUT2D eigenvalue weighted by molar-refractivity contribution is 7.12. The number of aryl methyl sites for hydroxylation is 1. The largest absolute Gasteiger partial charge is 0.454 e. The monoisotopic (exact) mass is 305 g/mol. The van der Waals surface area contributed by atoms with Gasteiger partial charge in [0.25, 0.3) is 0 Å². The van der Waals surface area contributed by atoms with E-state index in [4.69, 9.17) is 19.9 Å². The lowest BCUT2D eigenvalue weighted by atomic mass is 10.1. The van der Waals surface area contributed by atoms with Crippen LogP contribution in [0.1, 0.15) is 28.3 Å². The maximum atomic E-state index is 6.07. The van der Waals surface area contributed by atoms with Gasteiger partial charge in [-0.15, -0.1) is 11.3 Å². The standard InChI is InChI=1S/C16H19NO3S/c1-10-3-6-15(21-10)16(11(2)17)18-8-12-4-5-13-14(7-12)20-9-19-13/h3-7,11,16H,8-9,17H2,1-2H3. The Morgan fingerprint density at radius 2 is 2.05 bits per heavy atom. The van der Waals surface area contributed by atoms with E-state index in [0.717, 1.165) is 17.1 Å². The Morgan fingerprint density at radius 1 is 1.24 bits per heavy atom. The second kappa shape index (κ2) is 6.05. The van der Waals surface area contributed by atoms with Crippen molar-refractivity contribution in [3.8, 4) is 11.5 Å². The van der Waals surface area contributed by atoms with Crippen LogP contribution in [-0.2, 0) is 11.3 Å². The highest BCUT2D eigenvalue weighted by Gasteiger charge is 2.19. The molecule has 5 heteroatoms. The van der Waals surface area contributed by atoms with E-state index in [-0.39, 0.29) is 18.9 Å². The van der Waals surface area contributed by atoms with Gasteiger partial charge < -0.3 is 19.9 Å². The van der Waals surface area contributed by atoms with Crippen LogP contribution in [-0.4, -0.2) is 12.8 Å². The van der Waals surface area contributed by atoms with Gasteiger partial charge in [-0.3, -0.25) is 0 Å². The smallest absolute Gasteiger partial charge is 0.231 e. The molecule has 1 aliphatic heterocycles. The molecular formula is C16H19NO3S. The summed E-state index contributed by atoms with van der Waals surface area (Å²) < 4.78 is 16.7. The van der Waals surface area contributed by atoms with Crippen LogP contribution in [0.15, 0.2) is 30.3 Å². The fraction of sp³-hybridized carbons (Fsp3) is 0.375. The van der Waals surface area contributed by atoms with Crippen molar-refractivity contribution >= 4 is 11.3 Å². The van der Waals surface area contributed by atoms with E-state index in [0.29, 0.717) is 6.61 Å². The molecule has 1 aliphatic rings. The average Bonchev–Trinajstić information content (AvgIpc) is 3.07. The molecule has 1 aromatic heterocycles. The highest BCUT2D eigenvalue weighted by Crippen LogP contribution is 2.34. The Bertz CT molecular complexity index is 624. The summed E-state index contributed by atoms with van der Waals surface area (Å²) >= 11 is 1.73. The van der Waals surface area contributed by atoms with Crippen molar-refractivity contribution in [1.82, 2.24) is 0 Å². The fourth-order valence-electron chi connectivity index (χ4n) is 2.32. The molecule has 0 amide bonds.